The van der Waals surface area contributed by atoms with Gasteiger partial charge in [-0.25, -0.2) is 0 Å². The summed E-state index contributed by atoms with van der Waals surface area (Å²) in [6.07, 6.45) is 1.72. The molecule has 0 aromatic heterocycles. The van der Waals surface area contributed by atoms with E-state index in [4.69, 9.17) is 15.2 Å². The van der Waals surface area contributed by atoms with Crippen LogP contribution in [0, 0.1) is 18.3 Å². The highest BCUT2D eigenvalue weighted by Crippen LogP contribution is 2.44. The van der Waals surface area contributed by atoms with Gasteiger partial charge in [-0.3, -0.25) is 0 Å². The zero-order valence-electron chi connectivity index (χ0n) is 10.7. The third kappa shape index (κ3) is 1.54. The van der Waals surface area contributed by atoms with Crippen molar-refractivity contribution in [1.29, 1.82) is 5.26 Å². The van der Waals surface area contributed by atoms with Crippen molar-refractivity contribution >= 4 is 5.69 Å². The lowest BCUT2D eigenvalue weighted by Gasteiger charge is -2.30. The van der Waals surface area contributed by atoms with Crippen LogP contribution in [0.1, 0.15) is 12.5 Å². The molecule has 1 aromatic rings. The first-order chi connectivity index (χ1) is 9.05. The normalized spacial score (nSPS) is 23.9. The molecule has 1 spiro atoms. The maximum Gasteiger partial charge on any atom is 0.245 e. The largest absolute Gasteiger partial charge is 0.457 e. The Morgan fingerprint density at radius 3 is 2.84 bits per heavy atom. The molecule has 96 valence electrons. The molecule has 5 nitrogen and oxygen atoms in total. The van der Waals surface area contributed by atoms with Crippen LogP contribution in [0.2, 0.25) is 0 Å². The van der Waals surface area contributed by atoms with Crippen LogP contribution in [-0.2, 0) is 4.74 Å². The lowest BCUT2D eigenvalue weighted by atomic mass is 10.0. The highest BCUT2D eigenvalue weighted by molar-refractivity contribution is 5.69. The number of nitrogens with one attached hydrogen (secondary N) is 1. The smallest absolute Gasteiger partial charge is 0.245 e. The predicted molar refractivity (Wildman–Crippen MR) is 69.8 cm³/mol. The number of hydrogen-bond acceptors (Lipinski definition) is 5. The molecule has 0 saturated carbocycles. The first kappa shape index (κ1) is 11.5. The molecule has 2 heterocycles. The summed E-state index contributed by atoms with van der Waals surface area (Å²) in [4.78, 5) is 0. The molecule has 0 saturated heterocycles. The van der Waals surface area contributed by atoms with Crippen molar-refractivity contribution in [1.82, 2.24) is 0 Å². The maximum atomic E-state index is 9.30. The number of allylic oxidation sites excluding steroid dienone is 1. The Balaban J connectivity index is 2.15. The summed E-state index contributed by atoms with van der Waals surface area (Å²) in [7, 11) is 0. The Hall–Kier alpha value is -2.61. The Morgan fingerprint density at radius 1 is 1.37 bits per heavy atom. The van der Waals surface area contributed by atoms with Crippen LogP contribution in [0.5, 0.6) is 5.75 Å². The minimum Gasteiger partial charge on any atom is -0.457 e. The molecular weight excluding hydrogens is 242 g/mol. The molecule has 5 heteroatoms. The molecule has 0 radical (unpaired) electrons. The topological polar surface area (TPSA) is 80.3 Å². The Kier molecular flexibility index (Phi) is 2.23. The fourth-order valence-electron chi connectivity index (χ4n) is 2.39. The van der Waals surface area contributed by atoms with Crippen molar-refractivity contribution in [3.63, 3.8) is 0 Å². The van der Waals surface area contributed by atoms with E-state index >= 15 is 0 Å². The molecule has 0 aliphatic carbocycles. The molecular formula is C14H13N3O2. The van der Waals surface area contributed by atoms with Gasteiger partial charge in [0.15, 0.2) is 5.57 Å². The number of aryl methyl sites for hydroxylation is 1. The third-order valence-electron chi connectivity index (χ3n) is 3.20. The number of rotatable bonds is 0. The highest BCUT2D eigenvalue weighted by Gasteiger charge is 2.46. The predicted octanol–water partition coefficient (Wildman–Crippen LogP) is 2.12. The summed E-state index contributed by atoms with van der Waals surface area (Å²) < 4.78 is 11.3. The SMILES string of the molecule is CC1=C[C@]2(Nc3cccc(C)c3O2)C(C#N)=C(N)O1. The van der Waals surface area contributed by atoms with Crippen LogP contribution in [0.25, 0.3) is 0 Å². The molecule has 3 rings (SSSR count). The van der Waals surface area contributed by atoms with Crippen LogP contribution < -0.4 is 15.8 Å². The van der Waals surface area contributed by atoms with E-state index in [-0.39, 0.29) is 11.5 Å². The van der Waals surface area contributed by atoms with Crippen LogP contribution in [0.3, 0.4) is 0 Å². The molecule has 0 unspecified atom stereocenters. The fraction of sp³-hybridized carbons (Fsp3) is 0.214. The Labute approximate surface area is 110 Å². The number of fused-ring (bicyclic) bond motifs is 1. The van der Waals surface area contributed by atoms with E-state index in [2.05, 4.69) is 11.4 Å². The van der Waals surface area contributed by atoms with E-state index in [1.165, 1.54) is 0 Å². The minimum absolute atomic E-state index is 0.0699. The van der Waals surface area contributed by atoms with Crippen molar-refractivity contribution in [2.45, 2.75) is 19.6 Å². The molecule has 19 heavy (non-hydrogen) atoms. The molecule has 1 aromatic carbocycles. The number of nitrogens with two attached hydrogens (primary N) is 1. The van der Waals surface area contributed by atoms with Gasteiger partial charge in [0.25, 0.3) is 0 Å². The summed E-state index contributed by atoms with van der Waals surface area (Å²) in [5.41, 5.74) is 6.79. The average molecular weight is 255 g/mol. The van der Waals surface area contributed by atoms with Gasteiger partial charge in [0.05, 0.1) is 5.69 Å². The van der Waals surface area contributed by atoms with E-state index < -0.39 is 5.72 Å². The molecule has 3 N–H and O–H groups in total. The number of hydrogen-bond donors (Lipinski definition) is 2. The average Bonchev–Trinajstić information content (AvgIpc) is 2.68. The van der Waals surface area contributed by atoms with E-state index in [1.807, 2.05) is 25.1 Å². The number of ether oxygens (including phenoxy) is 2. The first-order valence-electron chi connectivity index (χ1n) is 5.90. The summed E-state index contributed by atoms with van der Waals surface area (Å²) >= 11 is 0. The molecule has 1 atom stereocenters. The van der Waals surface area contributed by atoms with Gasteiger partial charge >= 0.3 is 0 Å². The summed E-state index contributed by atoms with van der Waals surface area (Å²) in [6, 6.07) is 7.84. The maximum absolute atomic E-state index is 9.30. The van der Waals surface area contributed by atoms with Crippen molar-refractivity contribution in [3.8, 4) is 11.8 Å². The van der Waals surface area contributed by atoms with Gasteiger partial charge < -0.3 is 20.5 Å². The lowest BCUT2D eigenvalue weighted by Crippen LogP contribution is -2.44. The summed E-state index contributed by atoms with van der Waals surface area (Å²) in [5.74, 6) is 1.39. The van der Waals surface area contributed by atoms with Gasteiger partial charge in [0.1, 0.15) is 17.6 Å². The van der Waals surface area contributed by atoms with Gasteiger partial charge in [-0.05, 0) is 25.5 Å². The van der Waals surface area contributed by atoms with E-state index in [1.54, 1.807) is 13.0 Å². The third-order valence-corrected chi connectivity index (χ3v) is 3.20. The van der Waals surface area contributed by atoms with E-state index in [0.29, 0.717) is 5.76 Å². The number of nitrogens with zero attached hydrogens (tertiary/aromatic N) is 1. The standard InChI is InChI=1S/C14H13N3O2/c1-8-4-3-5-11-12(8)19-14(17-11)6-9(2)18-13(16)10(14)7-15/h3-6,17H,16H2,1-2H3/t14-/m1/s1. The number of nitriles is 1. The number of anilines is 1. The van der Waals surface area contributed by atoms with Crippen molar-refractivity contribution in [3.05, 3.63) is 47.1 Å². The molecule has 0 fully saturated rings. The van der Waals surface area contributed by atoms with E-state index in [0.717, 1.165) is 17.0 Å². The number of para-hydroxylation sites is 1. The monoisotopic (exact) mass is 255 g/mol. The van der Waals surface area contributed by atoms with Gasteiger partial charge in [-0.1, -0.05) is 12.1 Å². The summed E-state index contributed by atoms with van der Waals surface area (Å²) in [5, 5.41) is 12.5. The highest BCUT2D eigenvalue weighted by atomic mass is 16.5. The van der Waals surface area contributed by atoms with Crippen molar-refractivity contribution in [2.24, 2.45) is 5.73 Å². The van der Waals surface area contributed by atoms with Crippen LogP contribution in [-0.4, -0.2) is 5.72 Å². The molecule has 0 amide bonds. The Morgan fingerprint density at radius 2 is 2.16 bits per heavy atom. The van der Waals surface area contributed by atoms with Crippen LogP contribution in [0.15, 0.2) is 41.5 Å². The quantitative estimate of drug-likeness (QED) is 0.742. The molecule has 0 bridgehead atoms. The zero-order chi connectivity index (χ0) is 13.6. The van der Waals surface area contributed by atoms with Gasteiger partial charge in [0.2, 0.25) is 11.6 Å². The van der Waals surface area contributed by atoms with E-state index in [9.17, 15) is 5.26 Å². The zero-order valence-corrected chi connectivity index (χ0v) is 10.7. The fourth-order valence-corrected chi connectivity index (χ4v) is 2.39. The number of benzene rings is 1. The van der Waals surface area contributed by atoms with Crippen molar-refractivity contribution in [2.75, 3.05) is 5.32 Å². The molecule has 2 aliphatic heterocycles. The van der Waals surface area contributed by atoms with Crippen LogP contribution in [0.4, 0.5) is 5.69 Å². The van der Waals surface area contributed by atoms with Gasteiger partial charge in [0, 0.05) is 6.08 Å². The van der Waals surface area contributed by atoms with Crippen LogP contribution >= 0.6 is 0 Å². The van der Waals surface area contributed by atoms with Gasteiger partial charge in [-0.2, -0.15) is 5.26 Å². The second-order valence-electron chi connectivity index (χ2n) is 4.62. The van der Waals surface area contributed by atoms with Gasteiger partial charge in [-0.15, -0.1) is 0 Å². The summed E-state index contributed by atoms with van der Waals surface area (Å²) in [6.45, 7) is 3.72. The first-order valence-corrected chi connectivity index (χ1v) is 5.90. The molecule has 2 aliphatic rings. The Bertz CT molecular complexity index is 670. The second-order valence-corrected chi connectivity index (χ2v) is 4.62. The minimum atomic E-state index is -1.06. The second kappa shape index (κ2) is 3.69. The van der Waals surface area contributed by atoms with Crippen molar-refractivity contribution < 1.29 is 9.47 Å². The lowest BCUT2D eigenvalue weighted by molar-refractivity contribution is 0.174.